The third-order valence-corrected chi connectivity index (χ3v) is 5.17. The standard InChI is InChI=1S/C22H38N4O.HI/c1-6-12-27-16-20-11-9-8-10-19(20)13-24-22(23-7-2)25-21-15-26(17(3)4)14-18(21)5;/h8-11,17-18,21H,6-7,12-16H2,1-5H3,(H2,23,24,25);1H. The molecule has 0 radical (unpaired) electrons. The summed E-state index contributed by atoms with van der Waals surface area (Å²) in [6.07, 6.45) is 1.04. The van der Waals surface area contributed by atoms with Crippen molar-refractivity contribution in [2.24, 2.45) is 10.9 Å². The number of hydrogen-bond donors (Lipinski definition) is 2. The minimum absolute atomic E-state index is 0. The maximum atomic E-state index is 5.73. The molecule has 0 aliphatic carbocycles. The predicted molar refractivity (Wildman–Crippen MR) is 129 cm³/mol. The van der Waals surface area contributed by atoms with E-state index in [-0.39, 0.29) is 24.0 Å². The van der Waals surface area contributed by atoms with Crippen LogP contribution in [0.25, 0.3) is 0 Å². The summed E-state index contributed by atoms with van der Waals surface area (Å²) in [4.78, 5) is 7.39. The first-order chi connectivity index (χ1) is 13.0. The Labute approximate surface area is 188 Å². The van der Waals surface area contributed by atoms with E-state index in [2.05, 4.69) is 74.4 Å². The fourth-order valence-corrected chi connectivity index (χ4v) is 3.45. The largest absolute Gasteiger partial charge is 0.377 e. The van der Waals surface area contributed by atoms with E-state index in [4.69, 9.17) is 9.73 Å². The molecular formula is C22H39IN4O. The molecule has 1 aliphatic heterocycles. The Morgan fingerprint density at radius 1 is 1.21 bits per heavy atom. The molecule has 1 fully saturated rings. The molecule has 6 heteroatoms. The molecule has 5 nitrogen and oxygen atoms in total. The van der Waals surface area contributed by atoms with Crippen LogP contribution in [0, 0.1) is 5.92 Å². The lowest BCUT2D eigenvalue weighted by atomic mass is 10.1. The summed E-state index contributed by atoms with van der Waals surface area (Å²) in [5, 5.41) is 7.06. The molecule has 2 N–H and O–H groups in total. The second-order valence-corrected chi connectivity index (χ2v) is 7.79. The van der Waals surface area contributed by atoms with E-state index in [9.17, 15) is 0 Å². The molecule has 1 saturated heterocycles. The topological polar surface area (TPSA) is 48.9 Å². The van der Waals surface area contributed by atoms with Crippen LogP contribution in [0.5, 0.6) is 0 Å². The van der Waals surface area contributed by atoms with Gasteiger partial charge in [0.05, 0.1) is 13.2 Å². The van der Waals surface area contributed by atoms with Gasteiger partial charge >= 0.3 is 0 Å². The van der Waals surface area contributed by atoms with Crippen LogP contribution in [-0.4, -0.2) is 49.2 Å². The summed E-state index contributed by atoms with van der Waals surface area (Å²) in [6, 6.07) is 9.47. The Morgan fingerprint density at radius 2 is 1.93 bits per heavy atom. The molecule has 2 rings (SSSR count). The van der Waals surface area contributed by atoms with Gasteiger partial charge in [-0.2, -0.15) is 0 Å². The number of halogens is 1. The van der Waals surface area contributed by atoms with Gasteiger partial charge in [-0.3, -0.25) is 4.90 Å². The van der Waals surface area contributed by atoms with Crippen LogP contribution in [0.1, 0.15) is 52.2 Å². The Bertz CT molecular complexity index is 594. The maximum Gasteiger partial charge on any atom is 0.191 e. The average Bonchev–Trinajstić information content (AvgIpc) is 3.02. The van der Waals surface area contributed by atoms with Gasteiger partial charge in [-0.15, -0.1) is 24.0 Å². The van der Waals surface area contributed by atoms with Crippen LogP contribution in [0.15, 0.2) is 29.3 Å². The predicted octanol–water partition coefficient (Wildman–Crippen LogP) is 4.02. The molecule has 2 unspecified atom stereocenters. The number of hydrogen-bond acceptors (Lipinski definition) is 3. The van der Waals surface area contributed by atoms with E-state index < -0.39 is 0 Å². The van der Waals surface area contributed by atoms with Crippen molar-refractivity contribution in [1.82, 2.24) is 15.5 Å². The van der Waals surface area contributed by atoms with Gasteiger partial charge in [0.2, 0.25) is 0 Å². The normalized spacial score (nSPS) is 20.3. The highest BCUT2D eigenvalue weighted by atomic mass is 127. The lowest BCUT2D eigenvalue weighted by molar-refractivity contribution is 0.121. The number of benzene rings is 1. The van der Waals surface area contributed by atoms with Gasteiger partial charge < -0.3 is 15.4 Å². The first-order valence-corrected chi connectivity index (χ1v) is 10.5. The van der Waals surface area contributed by atoms with Crippen molar-refractivity contribution in [3.05, 3.63) is 35.4 Å². The van der Waals surface area contributed by atoms with Gasteiger partial charge in [0.15, 0.2) is 5.96 Å². The van der Waals surface area contributed by atoms with E-state index in [0.717, 1.165) is 38.6 Å². The fraction of sp³-hybridized carbons (Fsp3) is 0.682. The van der Waals surface area contributed by atoms with E-state index in [0.29, 0.717) is 31.2 Å². The minimum Gasteiger partial charge on any atom is -0.377 e. The Morgan fingerprint density at radius 3 is 2.54 bits per heavy atom. The van der Waals surface area contributed by atoms with Gasteiger partial charge in [0.25, 0.3) is 0 Å². The number of guanidine groups is 1. The minimum atomic E-state index is 0. The van der Waals surface area contributed by atoms with Crippen LogP contribution in [0.4, 0.5) is 0 Å². The highest BCUT2D eigenvalue weighted by molar-refractivity contribution is 14.0. The molecule has 1 aromatic rings. The molecule has 160 valence electrons. The van der Waals surface area contributed by atoms with Crippen molar-refractivity contribution in [3.63, 3.8) is 0 Å². The number of rotatable bonds is 9. The van der Waals surface area contributed by atoms with Gasteiger partial charge in [-0.05, 0) is 44.2 Å². The Balaban J connectivity index is 0.00000392. The summed E-state index contributed by atoms with van der Waals surface area (Å²) in [6.45, 7) is 16.3. The van der Waals surface area contributed by atoms with Crippen molar-refractivity contribution in [3.8, 4) is 0 Å². The van der Waals surface area contributed by atoms with Crippen molar-refractivity contribution >= 4 is 29.9 Å². The second kappa shape index (κ2) is 13.4. The molecule has 0 bridgehead atoms. The van der Waals surface area contributed by atoms with Crippen molar-refractivity contribution in [2.45, 2.75) is 66.3 Å². The molecule has 28 heavy (non-hydrogen) atoms. The van der Waals surface area contributed by atoms with Crippen LogP contribution < -0.4 is 10.6 Å². The summed E-state index contributed by atoms with van der Waals surface area (Å²) in [7, 11) is 0. The third kappa shape index (κ3) is 7.87. The molecule has 1 heterocycles. The van der Waals surface area contributed by atoms with Gasteiger partial charge in [-0.25, -0.2) is 4.99 Å². The highest BCUT2D eigenvalue weighted by Gasteiger charge is 2.31. The Kier molecular flexibility index (Phi) is 12.0. The lowest BCUT2D eigenvalue weighted by Gasteiger charge is -2.22. The Hall–Kier alpha value is -0.860. The number of nitrogens with zero attached hydrogens (tertiary/aromatic N) is 2. The molecular weight excluding hydrogens is 463 g/mol. The lowest BCUT2D eigenvalue weighted by Crippen LogP contribution is -2.46. The highest BCUT2D eigenvalue weighted by Crippen LogP contribution is 2.18. The number of ether oxygens (including phenoxy) is 1. The van der Waals surface area contributed by atoms with Gasteiger partial charge in [-0.1, -0.05) is 38.1 Å². The summed E-state index contributed by atoms with van der Waals surface area (Å²) in [5.41, 5.74) is 2.46. The van der Waals surface area contributed by atoms with Crippen molar-refractivity contribution in [2.75, 3.05) is 26.2 Å². The van der Waals surface area contributed by atoms with E-state index >= 15 is 0 Å². The molecule has 0 spiro atoms. The van der Waals surface area contributed by atoms with Gasteiger partial charge in [0.1, 0.15) is 0 Å². The van der Waals surface area contributed by atoms with Crippen molar-refractivity contribution < 1.29 is 4.74 Å². The molecule has 1 aliphatic rings. The number of aliphatic imine (C=N–C) groups is 1. The van der Waals surface area contributed by atoms with Crippen LogP contribution in [-0.2, 0) is 17.9 Å². The van der Waals surface area contributed by atoms with Crippen molar-refractivity contribution in [1.29, 1.82) is 0 Å². The number of nitrogens with one attached hydrogen (secondary N) is 2. The molecule has 2 atom stereocenters. The molecule has 1 aromatic carbocycles. The molecule has 0 amide bonds. The smallest absolute Gasteiger partial charge is 0.191 e. The van der Waals surface area contributed by atoms with Crippen LogP contribution >= 0.6 is 24.0 Å². The quantitative estimate of drug-likeness (QED) is 0.232. The summed E-state index contributed by atoms with van der Waals surface area (Å²) in [5.74, 6) is 1.52. The maximum absolute atomic E-state index is 5.73. The summed E-state index contributed by atoms with van der Waals surface area (Å²) < 4.78 is 5.73. The van der Waals surface area contributed by atoms with Crippen LogP contribution in [0.2, 0.25) is 0 Å². The zero-order valence-electron chi connectivity index (χ0n) is 18.2. The SMILES string of the molecule is CCCOCc1ccccc1CN=C(NCC)NC1CN(C(C)C)CC1C.I. The van der Waals surface area contributed by atoms with E-state index in [1.165, 1.54) is 11.1 Å². The van der Waals surface area contributed by atoms with E-state index in [1.807, 2.05) is 0 Å². The van der Waals surface area contributed by atoms with Gasteiger partial charge in [0, 0.05) is 38.3 Å². The molecule has 0 aromatic heterocycles. The van der Waals surface area contributed by atoms with Crippen LogP contribution in [0.3, 0.4) is 0 Å². The summed E-state index contributed by atoms with van der Waals surface area (Å²) >= 11 is 0. The fourth-order valence-electron chi connectivity index (χ4n) is 3.45. The monoisotopic (exact) mass is 502 g/mol. The molecule has 0 saturated carbocycles. The first kappa shape index (κ1) is 25.2. The van der Waals surface area contributed by atoms with E-state index in [1.54, 1.807) is 0 Å². The first-order valence-electron chi connectivity index (χ1n) is 10.5. The second-order valence-electron chi connectivity index (χ2n) is 7.79. The third-order valence-electron chi connectivity index (χ3n) is 5.17. The average molecular weight is 502 g/mol. The number of likely N-dealkylation sites (tertiary alicyclic amines) is 1. The zero-order valence-corrected chi connectivity index (χ0v) is 20.5. The zero-order chi connectivity index (χ0) is 19.6.